The molecule has 8 nitrogen and oxygen atoms in total. The summed E-state index contributed by atoms with van der Waals surface area (Å²) in [6.07, 6.45) is -4.15. The van der Waals surface area contributed by atoms with Gasteiger partial charge in [-0.05, 0) is 62.3 Å². The number of halogens is 2. The second-order valence-corrected chi connectivity index (χ2v) is 10.2. The van der Waals surface area contributed by atoms with E-state index in [0.717, 1.165) is 4.90 Å². The van der Waals surface area contributed by atoms with Crippen LogP contribution in [0.25, 0.3) is 0 Å². The molecule has 1 aliphatic heterocycles. The van der Waals surface area contributed by atoms with E-state index in [1.54, 1.807) is 39.4 Å². The van der Waals surface area contributed by atoms with Gasteiger partial charge >= 0.3 is 13.2 Å². The largest absolute Gasteiger partial charge is 0.502 e. The molecule has 32 heavy (non-hydrogen) atoms. The molecule has 2 heterocycles. The Morgan fingerprint density at radius 3 is 2.19 bits per heavy atom. The van der Waals surface area contributed by atoms with Crippen molar-refractivity contribution in [2.75, 3.05) is 13.1 Å². The molecule has 2 rings (SSSR count). The monoisotopic (exact) mass is 459 g/mol. The minimum Gasteiger partial charge on any atom is -0.473 e. The highest BCUT2D eigenvalue weighted by Crippen LogP contribution is 2.37. The standard InChI is InChI=1S/C21H36BF2N3O5/c1-13(11-27(12-15(23)24)18(28)30-19(3,4)5)29-17-16(14(2)25-26(17)10)22-31-20(6,7)21(8,9)32-22/h13,15H,11-12H2,1-10H3/t13-/m0/s1. The number of rotatable bonds is 7. The summed E-state index contributed by atoms with van der Waals surface area (Å²) in [5.41, 5.74) is -0.591. The van der Waals surface area contributed by atoms with Gasteiger partial charge in [0.25, 0.3) is 6.43 Å². The molecule has 1 aromatic rings. The van der Waals surface area contributed by atoms with Crippen LogP contribution in [0.4, 0.5) is 13.6 Å². The van der Waals surface area contributed by atoms with Crippen LogP contribution < -0.4 is 10.2 Å². The summed E-state index contributed by atoms with van der Waals surface area (Å²) in [5, 5.41) is 4.42. The number of hydrogen-bond acceptors (Lipinski definition) is 6. The Hall–Kier alpha value is -1.88. The van der Waals surface area contributed by atoms with Crippen molar-refractivity contribution in [3.05, 3.63) is 5.69 Å². The van der Waals surface area contributed by atoms with Crippen molar-refractivity contribution in [1.82, 2.24) is 14.7 Å². The first kappa shape index (κ1) is 26.4. The van der Waals surface area contributed by atoms with E-state index in [2.05, 4.69) is 5.10 Å². The van der Waals surface area contributed by atoms with Crippen LogP contribution in [0.15, 0.2) is 0 Å². The Bertz CT molecular complexity index is 807. The van der Waals surface area contributed by atoms with Gasteiger partial charge in [-0.1, -0.05) is 0 Å². The molecule has 0 aromatic carbocycles. The van der Waals surface area contributed by atoms with Crippen LogP contribution in [0.3, 0.4) is 0 Å². The van der Waals surface area contributed by atoms with Crippen LogP contribution in [0.1, 0.15) is 61.1 Å². The van der Waals surface area contributed by atoms with E-state index in [-0.39, 0.29) is 6.54 Å². The molecule has 0 N–H and O–H groups in total. The molecule has 1 saturated heterocycles. The lowest BCUT2D eigenvalue weighted by Crippen LogP contribution is -2.44. The smallest absolute Gasteiger partial charge is 0.473 e. The fourth-order valence-corrected chi connectivity index (χ4v) is 3.28. The molecule has 11 heteroatoms. The van der Waals surface area contributed by atoms with Crippen molar-refractivity contribution < 1.29 is 32.4 Å². The normalized spacial score (nSPS) is 18.7. The van der Waals surface area contributed by atoms with Crippen molar-refractivity contribution in [1.29, 1.82) is 0 Å². The van der Waals surface area contributed by atoms with E-state index < -0.39 is 49.1 Å². The van der Waals surface area contributed by atoms with Crippen molar-refractivity contribution >= 4 is 18.7 Å². The molecular weight excluding hydrogens is 423 g/mol. The molecule has 1 atom stereocenters. The molecule has 1 aromatic heterocycles. The lowest BCUT2D eigenvalue weighted by Gasteiger charge is -2.32. The van der Waals surface area contributed by atoms with Crippen molar-refractivity contribution in [2.24, 2.45) is 7.05 Å². The summed E-state index contributed by atoms with van der Waals surface area (Å²) in [5.74, 6) is 0.398. The predicted molar refractivity (Wildman–Crippen MR) is 118 cm³/mol. The third-order valence-corrected chi connectivity index (χ3v) is 5.50. The van der Waals surface area contributed by atoms with Crippen LogP contribution in [-0.4, -0.2) is 70.3 Å². The van der Waals surface area contributed by atoms with Crippen LogP contribution in [0.5, 0.6) is 5.88 Å². The number of ether oxygens (including phenoxy) is 2. The molecule has 0 radical (unpaired) electrons. The van der Waals surface area contributed by atoms with Gasteiger partial charge in [-0.2, -0.15) is 5.10 Å². The summed E-state index contributed by atoms with van der Waals surface area (Å²) >= 11 is 0. The van der Waals surface area contributed by atoms with Gasteiger partial charge in [0.1, 0.15) is 11.7 Å². The van der Waals surface area contributed by atoms with Gasteiger partial charge in [-0.25, -0.2) is 18.3 Å². The predicted octanol–water partition coefficient (Wildman–Crippen LogP) is 3.30. The van der Waals surface area contributed by atoms with Crippen LogP contribution in [0, 0.1) is 6.92 Å². The van der Waals surface area contributed by atoms with E-state index in [1.165, 1.54) is 0 Å². The number of carbonyl (C=O) groups is 1. The Balaban J connectivity index is 2.22. The molecule has 0 unspecified atom stereocenters. The SMILES string of the molecule is Cc1nn(C)c(O[C@@H](C)CN(CC(F)F)C(=O)OC(C)(C)C)c1B1OC(C)(C)C(C)(C)O1. The lowest BCUT2D eigenvalue weighted by atomic mass is 9.79. The van der Waals surface area contributed by atoms with Crippen LogP contribution in [0.2, 0.25) is 0 Å². The molecule has 0 bridgehead atoms. The molecule has 0 aliphatic carbocycles. The van der Waals surface area contributed by atoms with Gasteiger partial charge in [0.15, 0.2) is 0 Å². The summed E-state index contributed by atoms with van der Waals surface area (Å²) in [6.45, 7) is 15.5. The number of nitrogens with zero attached hydrogens (tertiary/aromatic N) is 3. The molecular formula is C21H36BF2N3O5. The van der Waals surface area contributed by atoms with Gasteiger partial charge in [0, 0.05) is 7.05 Å². The Labute approximate surface area is 189 Å². The summed E-state index contributed by atoms with van der Waals surface area (Å²) < 4.78 is 51.4. The van der Waals surface area contributed by atoms with Gasteiger partial charge in [0.2, 0.25) is 5.88 Å². The van der Waals surface area contributed by atoms with Crippen molar-refractivity contribution in [3.63, 3.8) is 0 Å². The van der Waals surface area contributed by atoms with E-state index in [9.17, 15) is 13.6 Å². The Kier molecular flexibility index (Phi) is 7.56. The van der Waals surface area contributed by atoms with E-state index >= 15 is 0 Å². The number of amides is 1. The quantitative estimate of drug-likeness (QED) is 0.583. The first-order chi connectivity index (χ1) is 14.4. The first-order valence-corrected chi connectivity index (χ1v) is 10.8. The second kappa shape index (κ2) is 9.17. The highest BCUT2D eigenvalue weighted by Gasteiger charge is 2.53. The Morgan fingerprint density at radius 2 is 1.72 bits per heavy atom. The molecule has 1 aliphatic rings. The van der Waals surface area contributed by atoms with Crippen molar-refractivity contribution in [2.45, 2.75) is 91.6 Å². The highest BCUT2D eigenvalue weighted by molar-refractivity contribution is 6.63. The maximum absolute atomic E-state index is 13.1. The van der Waals surface area contributed by atoms with Crippen molar-refractivity contribution in [3.8, 4) is 5.88 Å². The number of carbonyl (C=O) groups excluding carboxylic acids is 1. The number of alkyl halides is 2. The topological polar surface area (TPSA) is 75.1 Å². The maximum Gasteiger partial charge on any atom is 0.502 e. The number of aromatic nitrogens is 2. The second-order valence-electron chi connectivity index (χ2n) is 10.2. The third kappa shape index (κ3) is 6.12. The maximum atomic E-state index is 13.1. The molecule has 0 saturated carbocycles. The molecule has 1 fully saturated rings. The van der Waals surface area contributed by atoms with Crippen LogP contribution in [-0.2, 0) is 21.1 Å². The fraction of sp³-hybridized carbons (Fsp3) is 0.810. The minimum absolute atomic E-state index is 0.0910. The van der Waals surface area contributed by atoms with Gasteiger partial charge < -0.3 is 18.8 Å². The van der Waals surface area contributed by atoms with Gasteiger partial charge in [0.05, 0.1) is 35.4 Å². The zero-order chi connectivity index (χ0) is 24.6. The molecule has 1 amide bonds. The average Bonchev–Trinajstić information content (AvgIpc) is 2.95. The average molecular weight is 459 g/mol. The molecule has 0 spiro atoms. The number of aryl methyl sites for hydroxylation is 2. The van der Waals surface area contributed by atoms with E-state index in [0.29, 0.717) is 17.0 Å². The highest BCUT2D eigenvalue weighted by atomic mass is 19.3. The summed E-state index contributed by atoms with van der Waals surface area (Å²) in [4.78, 5) is 13.4. The van der Waals surface area contributed by atoms with E-state index in [1.807, 2.05) is 34.6 Å². The zero-order valence-electron chi connectivity index (χ0n) is 20.8. The summed E-state index contributed by atoms with van der Waals surface area (Å²) in [7, 11) is 1.02. The summed E-state index contributed by atoms with van der Waals surface area (Å²) in [6, 6.07) is 0. The lowest BCUT2D eigenvalue weighted by molar-refractivity contribution is 0.00186. The molecule has 182 valence electrons. The van der Waals surface area contributed by atoms with Gasteiger partial charge in [-0.3, -0.25) is 4.90 Å². The number of hydrogen-bond donors (Lipinski definition) is 0. The minimum atomic E-state index is -2.70. The van der Waals surface area contributed by atoms with Crippen LogP contribution >= 0.6 is 0 Å². The van der Waals surface area contributed by atoms with Gasteiger partial charge in [-0.15, -0.1) is 0 Å². The van der Waals surface area contributed by atoms with E-state index in [4.69, 9.17) is 18.8 Å². The first-order valence-electron chi connectivity index (χ1n) is 10.8. The fourth-order valence-electron chi connectivity index (χ4n) is 3.28. The third-order valence-electron chi connectivity index (χ3n) is 5.50. The zero-order valence-corrected chi connectivity index (χ0v) is 20.8. The Morgan fingerprint density at radius 1 is 1.19 bits per heavy atom.